The average Bonchev–Trinajstić information content (AvgIpc) is 3.39. The smallest absolute Gasteiger partial charge is 0.252 e. The number of amides is 2. The second-order valence-corrected chi connectivity index (χ2v) is 8.72. The third-order valence-electron chi connectivity index (χ3n) is 6.04. The fourth-order valence-electron chi connectivity index (χ4n) is 4.52. The molecule has 2 N–H and O–H groups in total. The van der Waals surface area contributed by atoms with Crippen molar-refractivity contribution in [3.05, 3.63) is 87.8 Å². The van der Waals surface area contributed by atoms with Crippen LogP contribution in [0.3, 0.4) is 0 Å². The van der Waals surface area contributed by atoms with Crippen molar-refractivity contribution in [1.82, 2.24) is 15.6 Å². The van der Waals surface area contributed by atoms with Gasteiger partial charge >= 0.3 is 0 Å². The summed E-state index contributed by atoms with van der Waals surface area (Å²) in [5.41, 5.74) is 4.22. The van der Waals surface area contributed by atoms with E-state index in [1.165, 1.54) is 12.1 Å². The SMILES string of the molecule is O=C(N[C@H]1CCNC1=O)c1cccc2c1CCN2c1cc(Cc2cc(F)cc(Cl)c2)ccn1. The maximum Gasteiger partial charge on any atom is 0.252 e. The first kappa shape index (κ1) is 21.4. The van der Waals surface area contributed by atoms with Gasteiger partial charge in [0, 0.05) is 35.6 Å². The first-order valence-electron chi connectivity index (χ1n) is 10.9. The Labute approximate surface area is 195 Å². The van der Waals surface area contributed by atoms with Crippen LogP contribution in [0, 0.1) is 5.82 Å². The third-order valence-corrected chi connectivity index (χ3v) is 6.26. The van der Waals surface area contributed by atoms with Crippen LogP contribution >= 0.6 is 11.6 Å². The largest absolute Gasteiger partial charge is 0.354 e. The highest BCUT2D eigenvalue weighted by molar-refractivity contribution is 6.30. The van der Waals surface area contributed by atoms with Crippen LogP contribution in [0.2, 0.25) is 5.02 Å². The number of rotatable bonds is 5. The number of benzene rings is 2. The van der Waals surface area contributed by atoms with E-state index in [2.05, 4.69) is 20.5 Å². The zero-order valence-electron chi connectivity index (χ0n) is 17.8. The molecule has 2 aliphatic heterocycles. The Kier molecular flexibility index (Phi) is 5.72. The second-order valence-electron chi connectivity index (χ2n) is 8.29. The van der Waals surface area contributed by atoms with Crippen molar-refractivity contribution in [3.63, 3.8) is 0 Å². The summed E-state index contributed by atoms with van der Waals surface area (Å²) < 4.78 is 13.7. The number of carbonyl (C=O) groups is 2. The Balaban J connectivity index is 1.38. The van der Waals surface area contributed by atoms with Gasteiger partial charge in [-0.15, -0.1) is 0 Å². The van der Waals surface area contributed by atoms with E-state index in [9.17, 15) is 14.0 Å². The molecule has 2 aromatic carbocycles. The molecule has 0 aliphatic carbocycles. The Morgan fingerprint density at radius 2 is 2.09 bits per heavy atom. The molecule has 0 radical (unpaired) electrons. The summed E-state index contributed by atoms with van der Waals surface area (Å²) in [6, 6.07) is 13.5. The molecule has 2 amide bonds. The molecule has 1 fully saturated rings. The first-order valence-corrected chi connectivity index (χ1v) is 11.2. The minimum absolute atomic E-state index is 0.141. The van der Waals surface area contributed by atoms with Crippen LogP contribution in [-0.4, -0.2) is 35.9 Å². The lowest BCUT2D eigenvalue weighted by Crippen LogP contribution is -2.40. The second kappa shape index (κ2) is 8.83. The van der Waals surface area contributed by atoms with Crippen LogP contribution in [0.25, 0.3) is 0 Å². The molecule has 1 aromatic heterocycles. The number of fused-ring (bicyclic) bond motifs is 1. The highest BCUT2D eigenvalue weighted by Crippen LogP contribution is 2.36. The number of anilines is 2. The maximum atomic E-state index is 13.7. The van der Waals surface area contributed by atoms with Crippen molar-refractivity contribution in [2.24, 2.45) is 0 Å². The minimum atomic E-state index is -0.486. The quantitative estimate of drug-likeness (QED) is 0.602. The molecule has 1 saturated heterocycles. The molecule has 3 aromatic rings. The van der Waals surface area contributed by atoms with Crippen LogP contribution in [0.4, 0.5) is 15.9 Å². The zero-order valence-corrected chi connectivity index (χ0v) is 18.5. The van der Waals surface area contributed by atoms with Gasteiger partial charge in [-0.1, -0.05) is 17.7 Å². The minimum Gasteiger partial charge on any atom is -0.354 e. The molecular weight excluding hydrogens is 443 g/mol. The van der Waals surface area contributed by atoms with Crippen molar-refractivity contribution in [2.75, 3.05) is 18.0 Å². The van der Waals surface area contributed by atoms with Crippen molar-refractivity contribution in [2.45, 2.75) is 25.3 Å². The van der Waals surface area contributed by atoms with Crippen LogP contribution in [0.1, 0.15) is 33.5 Å². The molecule has 3 heterocycles. The summed E-state index contributed by atoms with van der Waals surface area (Å²) in [5, 5.41) is 5.96. The summed E-state index contributed by atoms with van der Waals surface area (Å²) in [6.45, 7) is 1.26. The highest BCUT2D eigenvalue weighted by atomic mass is 35.5. The summed E-state index contributed by atoms with van der Waals surface area (Å²) >= 11 is 5.99. The predicted molar refractivity (Wildman–Crippen MR) is 124 cm³/mol. The standard InChI is InChI=1S/C25H22ClFN4O2/c26-17-11-16(12-18(27)14-17)10-15-4-7-28-23(13-15)31-9-6-19-20(2-1-3-22(19)31)24(32)30-21-5-8-29-25(21)33/h1-4,7,11-14,21H,5-6,8-10H2,(H,29,33)(H,30,32)/t21-/m0/s1. The third kappa shape index (κ3) is 4.41. The van der Waals surface area contributed by atoms with Crippen molar-refractivity contribution >= 4 is 34.9 Å². The first-order chi connectivity index (χ1) is 16.0. The lowest BCUT2D eigenvalue weighted by molar-refractivity contribution is -0.120. The Morgan fingerprint density at radius 1 is 1.21 bits per heavy atom. The monoisotopic (exact) mass is 464 g/mol. The summed E-state index contributed by atoms with van der Waals surface area (Å²) in [6.07, 6.45) is 3.55. The molecule has 8 heteroatoms. The number of hydrogen-bond donors (Lipinski definition) is 2. The molecule has 0 spiro atoms. The van der Waals surface area contributed by atoms with Gasteiger partial charge in [-0.3, -0.25) is 9.59 Å². The Bertz CT molecular complexity index is 1230. The highest BCUT2D eigenvalue weighted by Gasteiger charge is 2.29. The van der Waals surface area contributed by atoms with E-state index in [1.54, 1.807) is 18.3 Å². The normalized spacial score (nSPS) is 17.1. The lowest BCUT2D eigenvalue weighted by Gasteiger charge is -2.20. The molecule has 0 bridgehead atoms. The van der Waals surface area contributed by atoms with Gasteiger partial charge in [0.15, 0.2) is 0 Å². The van der Waals surface area contributed by atoms with E-state index in [4.69, 9.17) is 11.6 Å². The molecular formula is C25H22ClFN4O2. The van der Waals surface area contributed by atoms with E-state index < -0.39 is 6.04 Å². The van der Waals surface area contributed by atoms with E-state index in [0.29, 0.717) is 42.9 Å². The number of pyridine rings is 1. The van der Waals surface area contributed by atoms with Gasteiger partial charge in [0.1, 0.15) is 17.7 Å². The Hall–Kier alpha value is -3.45. The lowest BCUT2D eigenvalue weighted by atomic mass is 10.0. The molecule has 5 rings (SSSR count). The number of halogens is 2. The van der Waals surface area contributed by atoms with Gasteiger partial charge in [-0.25, -0.2) is 9.37 Å². The fraction of sp³-hybridized carbons (Fsp3) is 0.240. The van der Waals surface area contributed by atoms with Crippen molar-refractivity contribution < 1.29 is 14.0 Å². The summed E-state index contributed by atoms with van der Waals surface area (Å²) in [4.78, 5) is 31.4. The van der Waals surface area contributed by atoms with Gasteiger partial charge in [-0.2, -0.15) is 0 Å². The van der Waals surface area contributed by atoms with Crippen LogP contribution in [0.5, 0.6) is 0 Å². The Morgan fingerprint density at radius 3 is 2.88 bits per heavy atom. The van der Waals surface area contributed by atoms with E-state index in [1.807, 2.05) is 24.3 Å². The van der Waals surface area contributed by atoms with Crippen molar-refractivity contribution in [3.8, 4) is 0 Å². The number of carbonyl (C=O) groups excluding carboxylic acids is 2. The number of nitrogens with zero attached hydrogens (tertiary/aromatic N) is 2. The fourth-order valence-corrected chi connectivity index (χ4v) is 4.76. The molecule has 1 atom stereocenters. The molecule has 2 aliphatic rings. The van der Waals surface area contributed by atoms with Crippen LogP contribution in [-0.2, 0) is 17.6 Å². The van der Waals surface area contributed by atoms with Crippen molar-refractivity contribution in [1.29, 1.82) is 0 Å². The average molecular weight is 465 g/mol. The van der Waals surface area contributed by atoms with Gasteiger partial charge in [0.25, 0.3) is 5.91 Å². The number of nitrogens with one attached hydrogen (secondary N) is 2. The van der Waals surface area contributed by atoms with E-state index in [-0.39, 0.29) is 17.6 Å². The topological polar surface area (TPSA) is 74.3 Å². The molecule has 168 valence electrons. The zero-order chi connectivity index (χ0) is 22.9. The molecule has 0 saturated carbocycles. The summed E-state index contributed by atoms with van der Waals surface area (Å²) in [7, 11) is 0. The molecule has 33 heavy (non-hydrogen) atoms. The van der Waals surface area contributed by atoms with Gasteiger partial charge in [-0.05, 0) is 78.4 Å². The van der Waals surface area contributed by atoms with Gasteiger partial charge in [0.05, 0.1) is 0 Å². The van der Waals surface area contributed by atoms with Gasteiger partial charge < -0.3 is 15.5 Å². The van der Waals surface area contributed by atoms with Crippen LogP contribution < -0.4 is 15.5 Å². The summed E-state index contributed by atoms with van der Waals surface area (Å²) in [5.74, 6) is 0.0289. The maximum absolute atomic E-state index is 13.7. The number of aromatic nitrogens is 1. The number of hydrogen-bond acceptors (Lipinski definition) is 4. The molecule has 0 unspecified atom stereocenters. The van der Waals surface area contributed by atoms with E-state index >= 15 is 0 Å². The predicted octanol–water partition coefficient (Wildman–Crippen LogP) is 3.78. The van der Waals surface area contributed by atoms with Crippen LogP contribution in [0.15, 0.2) is 54.7 Å². The van der Waals surface area contributed by atoms with Gasteiger partial charge in [0.2, 0.25) is 5.91 Å². The molecule has 6 nitrogen and oxygen atoms in total. The van der Waals surface area contributed by atoms with E-state index in [0.717, 1.165) is 28.2 Å².